The highest BCUT2D eigenvalue weighted by Crippen LogP contribution is 2.26. The van der Waals surface area contributed by atoms with E-state index < -0.39 is 0 Å². The molecule has 0 unspecified atom stereocenters. The van der Waals surface area contributed by atoms with Gasteiger partial charge < -0.3 is 0 Å². The molecule has 0 aliphatic carbocycles. The molecule has 1 saturated heterocycles. The van der Waals surface area contributed by atoms with Crippen molar-refractivity contribution in [1.82, 2.24) is 19.6 Å². The Morgan fingerprint density at radius 2 is 1.41 bits per heavy atom. The molecule has 152 valence electrons. The highest BCUT2D eigenvalue weighted by Gasteiger charge is 2.20. The van der Waals surface area contributed by atoms with Gasteiger partial charge in [0.05, 0.1) is 5.69 Å². The van der Waals surface area contributed by atoms with Crippen LogP contribution in [0.5, 0.6) is 0 Å². The molecular formula is C23H26F2N4. The lowest BCUT2D eigenvalue weighted by molar-refractivity contribution is 0.245. The Hall–Kier alpha value is -2.57. The lowest BCUT2D eigenvalue weighted by Gasteiger charge is -2.22. The van der Waals surface area contributed by atoms with Gasteiger partial charge >= 0.3 is 0 Å². The summed E-state index contributed by atoms with van der Waals surface area (Å²) in [6.45, 7) is 5.03. The molecule has 0 bridgehead atoms. The lowest BCUT2D eigenvalue weighted by atomic mass is 10.1. The number of hydrogen-bond donors (Lipinski definition) is 0. The van der Waals surface area contributed by atoms with E-state index in [2.05, 4.69) is 14.9 Å². The van der Waals surface area contributed by atoms with Crippen LogP contribution in [-0.2, 0) is 20.1 Å². The van der Waals surface area contributed by atoms with E-state index in [-0.39, 0.29) is 11.6 Å². The van der Waals surface area contributed by atoms with E-state index in [1.807, 2.05) is 31.4 Å². The fraction of sp³-hybridized carbons (Fsp3) is 0.348. The third-order valence-electron chi connectivity index (χ3n) is 5.46. The summed E-state index contributed by atoms with van der Waals surface area (Å²) >= 11 is 0. The maximum absolute atomic E-state index is 14.3. The molecule has 1 aromatic heterocycles. The van der Waals surface area contributed by atoms with Crippen molar-refractivity contribution in [3.63, 3.8) is 0 Å². The molecule has 6 heteroatoms. The van der Waals surface area contributed by atoms with Crippen molar-refractivity contribution in [1.29, 1.82) is 0 Å². The normalized spacial score (nSPS) is 16.1. The number of rotatable bonds is 5. The third-order valence-corrected chi connectivity index (χ3v) is 5.46. The summed E-state index contributed by atoms with van der Waals surface area (Å²) in [4.78, 5) is 4.68. The molecule has 2 heterocycles. The Morgan fingerprint density at radius 1 is 0.793 bits per heavy atom. The lowest BCUT2D eigenvalue weighted by Crippen LogP contribution is -2.30. The van der Waals surface area contributed by atoms with Crippen LogP contribution in [0.1, 0.15) is 17.5 Å². The standard InChI is InChI=1S/C23H26F2N4/c1-27-15-19(23(26-27)20-8-3-5-10-22(20)25)17-29-12-6-11-28(13-14-29)16-18-7-2-4-9-21(18)24/h2-5,7-10,15H,6,11-14,16-17H2,1H3. The van der Waals surface area contributed by atoms with E-state index in [1.54, 1.807) is 22.9 Å². The average molecular weight is 396 g/mol. The van der Waals surface area contributed by atoms with Crippen LogP contribution >= 0.6 is 0 Å². The van der Waals surface area contributed by atoms with Crippen molar-refractivity contribution >= 4 is 0 Å². The molecule has 29 heavy (non-hydrogen) atoms. The molecule has 0 atom stereocenters. The molecule has 1 aliphatic heterocycles. The Bertz CT molecular complexity index is 969. The molecule has 0 amide bonds. The number of aryl methyl sites for hydroxylation is 1. The van der Waals surface area contributed by atoms with Gasteiger partial charge in [0.1, 0.15) is 11.6 Å². The van der Waals surface area contributed by atoms with Crippen LogP contribution in [0.25, 0.3) is 11.3 Å². The smallest absolute Gasteiger partial charge is 0.132 e. The third kappa shape index (κ3) is 4.71. The summed E-state index contributed by atoms with van der Waals surface area (Å²) in [5.74, 6) is -0.391. The van der Waals surface area contributed by atoms with E-state index in [0.29, 0.717) is 17.8 Å². The van der Waals surface area contributed by atoms with Gasteiger partial charge in [0, 0.05) is 56.1 Å². The van der Waals surface area contributed by atoms with Crippen molar-refractivity contribution < 1.29 is 8.78 Å². The van der Waals surface area contributed by atoms with Gasteiger partial charge in [-0.1, -0.05) is 30.3 Å². The summed E-state index contributed by atoms with van der Waals surface area (Å²) in [6.07, 6.45) is 2.99. The van der Waals surface area contributed by atoms with Gasteiger partial charge in [0.15, 0.2) is 0 Å². The van der Waals surface area contributed by atoms with E-state index in [0.717, 1.165) is 50.3 Å². The highest BCUT2D eigenvalue weighted by atomic mass is 19.1. The Morgan fingerprint density at radius 3 is 2.10 bits per heavy atom. The Balaban J connectivity index is 1.44. The van der Waals surface area contributed by atoms with E-state index in [9.17, 15) is 8.78 Å². The van der Waals surface area contributed by atoms with Gasteiger partial charge in [-0.25, -0.2) is 8.78 Å². The first-order valence-corrected chi connectivity index (χ1v) is 10.1. The number of nitrogens with zero attached hydrogens (tertiary/aromatic N) is 4. The summed E-state index contributed by atoms with van der Waals surface area (Å²) in [5.41, 5.74) is 3.02. The monoisotopic (exact) mass is 396 g/mol. The second kappa shape index (κ2) is 8.84. The number of halogens is 2. The largest absolute Gasteiger partial charge is 0.298 e. The quantitative estimate of drug-likeness (QED) is 0.650. The molecule has 1 aliphatic rings. The van der Waals surface area contributed by atoms with Crippen LogP contribution in [-0.4, -0.2) is 45.8 Å². The van der Waals surface area contributed by atoms with Crippen LogP contribution in [0.2, 0.25) is 0 Å². The number of hydrogen-bond acceptors (Lipinski definition) is 3. The van der Waals surface area contributed by atoms with Crippen LogP contribution in [0.15, 0.2) is 54.7 Å². The summed E-state index contributed by atoms with van der Waals surface area (Å²) < 4.78 is 30.0. The molecular weight excluding hydrogens is 370 g/mol. The zero-order valence-electron chi connectivity index (χ0n) is 16.7. The fourth-order valence-electron chi connectivity index (χ4n) is 3.98. The van der Waals surface area contributed by atoms with E-state index in [4.69, 9.17) is 0 Å². The van der Waals surface area contributed by atoms with Gasteiger partial charge in [0.25, 0.3) is 0 Å². The van der Waals surface area contributed by atoms with Crippen LogP contribution in [0.4, 0.5) is 8.78 Å². The van der Waals surface area contributed by atoms with Crippen LogP contribution in [0.3, 0.4) is 0 Å². The first-order chi connectivity index (χ1) is 14.1. The highest BCUT2D eigenvalue weighted by molar-refractivity contribution is 5.63. The number of aromatic nitrogens is 2. The zero-order chi connectivity index (χ0) is 20.2. The van der Waals surface area contributed by atoms with Crippen molar-refractivity contribution in [2.45, 2.75) is 19.5 Å². The number of benzene rings is 2. The minimum absolute atomic E-state index is 0.140. The van der Waals surface area contributed by atoms with Gasteiger partial charge in [-0.15, -0.1) is 0 Å². The summed E-state index contributed by atoms with van der Waals surface area (Å²) in [6, 6.07) is 13.8. The summed E-state index contributed by atoms with van der Waals surface area (Å²) in [5, 5.41) is 4.51. The van der Waals surface area contributed by atoms with Gasteiger partial charge in [0.2, 0.25) is 0 Å². The molecule has 4 rings (SSSR count). The molecule has 0 saturated carbocycles. The van der Waals surface area contributed by atoms with Crippen molar-refractivity contribution in [2.24, 2.45) is 7.05 Å². The minimum Gasteiger partial charge on any atom is -0.298 e. The molecule has 0 spiro atoms. The predicted molar refractivity (Wildman–Crippen MR) is 110 cm³/mol. The Labute approximate surface area is 170 Å². The molecule has 0 radical (unpaired) electrons. The van der Waals surface area contributed by atoms with E-state index >= 15 is 0 Å². The molecule has 0 N–H and O–H groups in total. The van der Waals surface area contributed by atoms with Crippen molar-refractivity contribution in [3.8, 4) is 11.3 Å². The average Bonchev–Trinajstić information content (AvgIpc) is 2.92. The fourth-order valence-corrected chi connectivity index (χ4v) is 3.98. The Kier molecular flexibility index (Phi) is 6.02. The maximum Gasteiger partial charge on any atom is 0.132 e. The molecule has 1 fully saturated rings. The summed E-state index contributed by atoms with van der Waals surface area (Å²) in [7, 11) is 1.87. The van der Waals surface area contributed by atoms with E-state index in [1.165, 1.54) is 12.1 Å². The van der Waals surface area contributed by atoms with Crippen LogP contribution in [0, 0.1) is 11.6 Å². The molecule has 4 nitrogen and oxygen atoms in total. The second-order valence-electron chi connectivity index (χ2n) is 7.65. The minimum atomic E-state index is -0.251. The van der Waals surface area contributed by atoms with Gasteiger partial charge in [-0.05, 0) is 37.7 Å². The SMILES string of the molecule is Cn1cc(CN2CCCN(Cc3ccccc3F)CC2)c(-c2ccccc2F)n1. The second-order valence-corrected chi connectivity index (χ2v) is 7.65. The van der Waals surface area contributed by atoms with Crippen molar-refractivity contribution in [2.75, 3.05) is 26.2 Å². The van der Waals surface area contributed by atoms with Crippen molar-refractivity contribution in [3.05, 3.63) is 77.5 Å². The molecule has 3 aromatic rings. The maximum atomic E-state index is 14.3. The first kappa shape index (κ1) is 19.7. The zero-order valence-corrected chi connectivity index (χ0v) is 16.7. The van der Waals surface area contributed by atoms with Gasteiger partial charge in [-0.3, -0.25) is 14.5 Å². The van der Waals surface area contributed by atoms with Gasteiger partial charge in [-0.2, -0.15) is 5.10 Å². The molecule has 2 aromatic carbocycles. The topological polar surface area (TPSA) is 24.3 Å². The predicted octanol–water partition coefficient (Wildman–Crippen LogP) is 4.07. The first-order valence-electron chi connectivity index (χ1n) is 10.1. The van der Waals surface area contributed by atoms with Crippen LogP contribution < -0.4 is 0 Å².